The number of hydrogen-bond acceptors (Lipinski definition) is 3. The molecule has 86 valence electrons. The van der Waals surface area contributed by atoms with Crippen LogP contribution in [0.1, 0.15) is 0 Å². The van der Waals surface area contributed by atoms with E-state index in [2.05, 4.69) is 20.0 Å². The number of nitrogens with zero attached hydrogens (tertiary/aromatic N) is 4. The molecule has 0 unspecified atom stereocenters. The summed E-state index contributed by atoms with van der Waals surface area (Å²) in [5, 5.41) is 0. The topological polar surface area (TPSA) is 129 Å². The standard InChI is InChI=1S/C10H11N7/c11-9(12)17-10(13)16-7-3-1-2-6-8(7)15-5-4-14-6/h1-5H,(H6,11,12,13,16,17). The van der Waals surface area contributed by atoms with E-state index < -0.39 is 0 Å². The van der Waals surface area contributed by atoms with Crippen molar-refractivity contribution in [1.29, 1.82) is 0 Å². The summed E-state index contributed by atoms with van der Waals surface area (Å²) in [6.07, 6.45) is 3.19. The fourth-order valence-electron chi connectivity index (χ4n) is 1.35. The van der Waals surface area contributed by atoms with Crippen molar-refractivity contribution in [2.45, 2.75) is 0 Å². The van der Waals surface area contributed by atoms with Crippen LogP contribution in [0.15, 0.2) is 40.6 Å². The van der Waals surface area contributed by atoms with Gasteiger partial charge in [-0.15, -0.1) is 0 Å². The van der Waals surface area contributed by atoms with Crippen molar-refractivity contribution in [3.05, 3.63) is 30.6 Å². The molecule has 1 aromatic heterocycles. The number of rotatable bonds is 1. The minimum Gasteiger partial charge on any atom is -0.370 e. The van der Waals surface area contributed by atoms with Gasteiger partial charge in [-0.2, -0.15) is 4.99 Å². The van der Waals surface area contributed by atoms with Crippen molar-refractivity contribution in [2.75, 3.05) is 0 Å². The van der Waals surface area contributed by atoms with E-state index in [9.17, 15) is 0 Å². The highest BCUT2D eigenvalue weighted by molar-refractivity contribution is 5.96. The molecule has 0 saturated heterocycles. The van der Waals surface area contributed by atoms with Crippen LogP contribution in [-0.4, -0.2) is 21.9 Å². The van der Waals surface area contributed by atoms with Gasteiger partial charge in [0.1, 0.15) is 5.52 Å². The second-order valence-corrected chi connectivity index (χ2v) is 3.21. The van der Waals surface area contributed by atoms with Gasteiger partial charge < -0.3 is 17.2 Å². The van der Waals surface area contributed by atoms with Gasteiger partial charge in [-0.3, -0.25) is 9.97 Å². The molecule has 0 aliphatic heterocycles. The van der Waals surface area contributed by atoms with Crippen LogP contribution in [0.3, 0.4) is 0 Å². The van der Waals surface area contributed by atoms with Crippen molar-refractivity contribution >= 4 is 28.6 Å². The minimum atomic E-state index is -0.141. The molecule has 0 fully saturated rings. The van der Waals surface area contributed by atoms with Crippen LogP contribution in [0, 0.1) is 0 Å². The Balaban J connectivity index is 2.53. The molecule has 0 radical (unpaired) electrons. The van der Waals surface area contributed by atoms with Crippen LogP contribution in [0.2, 0.25) is 0 Å². The first-order valence-electron chi connectivity index (χ1n) is 4.80. The highest BCUT2D eigenvalue weighted by atomic mass is 15.1. The van der Waals surface area contributed by atoms with Crippen molar-refractivity contribution in [2.24, 2.45) is 27.2 Å². The molecule has 1 heterocycles. The Hall–Kier alpha value is -2.70. The fourth-order valence-corrected chi connectivity index (χ4v) is 1.35. The SMILES string of the molecule is NC(N)=NC(N)=Nc1cccc2nccnc12. The van der Waals surface area contributed by atoms with E-state index >= 15 is 0 Å². The molecule has 17 heavy (non-hydrogen) atoms. The van der Waals surface area contributed by atoms with Crippen molar-refractivity contribution < 1.29 is 0 Å². The smallest absolute Gasteiger partial charge is 0.223 e. The number of aliphatic imine (C=N–C) groups is 2. The zero-order chi connectivity index (χ0) is 12.3. The lowest BCUT2D eigenvalue weighted by molar-refractivity contribution is 1.28. The monoisotopic (exact) mass is 229 g/mol. The molecule has 1 aromatic carbocycles. The summed E-state index contributed by atoms with van der Waals surface area (Å²) in [7, 11) is 0. The van der Waals surface area contributed by atoms with Crippen LogP contribution in [-0.2, 0) is 0 Å². The quantitative estimate of drug-likeness (QED) is 0.462. The highest BCUT2D eigenvalue weighted by Gasteiger charge is 2.01. The molecule has 0 amide bonds. The molecule has 0 saturated carbocycles. The van der Waals surface area contributed by atoms with Gasteiger partial charge >= 0.3 is 0 Å². The first-order chi connectivity index (χ1) is 8.16. The van der Waals surface area contributed by atoms with Crippen LogP contribution >= 0.6 is 0 Å². The summed E-state index contributed by atoms with van der Waals surface area (Å²) in [6.45, 7) is 0. The average molecular weight is 229 g/mol. The van der Waals surface area contributed by atoms with Gasteiger partial charge in [0.2, 0.25) is 5.96 Å². The van der Waals surface area contributed by atoms with Gasteiger partial charge in [-0.1, -0.05) is 6.07 Å². The van der Waals surface area contributed by atoms with E-state index in [-0.39, 0.29) is 11.9 Å². The lowest BCUT2D eigenvalue weighted by atomic mass is 10.2. The zero-order valence-electron chi connectivity index (χ0n) is 8.91. The third kappa shape index (κ3) is 2.46. The normalized spacial score (nSPS) is 11.4. The van der Waals surface area contributed by atoms with E-state index in [0.717, 1.165) is 5.52 Å². The zero-order valence-corrected chi connectivity index (χ0v) is 8.91. The van der Waals surface area contributed by atoms with E-state index in [1.165, 1.54) is 0 Å². The minimum absolute atomic E-state index is 0.0249. The molecule has 2 rings (SSSR count). The second kappa shape index (κ2) is 4.44. The number of nitrogens with two attached hydrogens (primary N) is 3. The number of aromatic nitrogens is 2. The molecule has 0 aliphatic rings. The van der Waals surface area contributed by atoms with Gasteiger partial charge in [-0.25, -0.2) is 4.99 Å². The Morgan fingerprint density at radius 3 is 2.59 bits per heavy atom. The maximum atomic E-state index is 5.55. The Kier molecular flexibility index (Phi) is 2.82. The number of guanidine groups is 2. The van der Waals surface area contributed by atoms with E-state index in [1.807, 2.05) is 6.07 Å². The molecule has 0 bridgehead atoms. The summed E-state index contributed by atoms with van der Waals surface area (Å²) in [5.41, 5.74) is 17.9. The number of benzene rings is 1. The highest BCUT2D eigenvalue weighted by Crippen LogP contribution is 2.21. The summed E-state index contributed by atoms with van der Waals surface area (Å²) in [4.78, 5) is 16.0. The summed E-state index contributed by atoms with van der Waals surface area (Å²) in [6, 6.07) is 5.39. The predicted molar refractivity (Wildman–Crippen MR) is 66.6 cm³/mol. The Bertz CT molecular complexity index is 593. The van der Waals surface area contributed by atoms with Gasteiger partial charge in [0.15, 0.2) is 5.96 Å². The second-order valence-electron chi connectivity index (χ2n) is 3.21. The summed E-state index contributed by atoms with van der Waals surface area (Å²) in [5.74, 6) is -0.166. The third-order valence-electron chi connectivity index (χ3n) is 1.96. The number of fused-ring (bicyclic) bond motifs is 1. The van der Waals surface area contributed by atoms with E-state index in [1.54, 1.807) is 24.5 Å². The number of para-hydroxylation sites is 1. The molecular formula is C10H11N7. The van der Waals surface area contributed by atoms with Crippen LogP contribution < -0.4 is 17.2 Å². The van der Waals surface area contributed by atoms with E-state index in [0.29, 0.717) is 11.2 Å². The average Bonchev–Trinajstić information content (AvgIpc) is 2.28. The van der Waals surface area contributed by atoms with Crippen molar-refractivity contribution in [1.82, 2.24) is 9.97 Å². The lowest BCUT2D eigenvalue weighted by Crippen LogP contribution is -2.26. The number of hydrogen-bond donors (Lipinski definition) is 3. The molecular weight excluding hydrogens is 218 g/mol. The predicted octanol–water partition coefficient (Wildman–Crippen LogP) is -0.151. The lowest BCUT2D eigenvalue weighted by Gasteiger charge is -2.00. The van der Waals surface area contributed by atoms with Gasteiger partial charge in [0, 0.05) is 12.4 Å². The summed E-state index contributed by atoms with van der Waals surface area (Å²) < 4.78 is 0. The fraction of sp³-hybridized carbons (Fsp3) is 0. The van der Waals surface area contributed by atoms with E-state index in [4.69, 9.17) is 17.2 Å². The maximum Gasteiger partial charge on any atom is 0.223 e. The molecule has 0 spiro atoms. The van der Waals surface area contributed by atoms with Crippen LogP contribution in [0.5, 0.6) is 0 Å². The van der Waals surface area contributed by atoms with Gasteiger partial charge in [0.25, 0.3) is 0 Å². The molecule has 0 aliphatic carbocycles. The Morgan fingerprint density at radius 1 is 1.06 bits per heavy atom. The molecule has 0 atom stereocenters. The molecule has 6 N–H and O–H groups in total. The first-order valence-corrected chi connectivity index (χ1v) is 4.80. The van der Waals surface area contributed by atoms with Crippen LogP contribution in [0.4, 0.5) is 5.69 Å². The molecule has 2 aromatic rings. The Labute approximate surface area is 97.1 Å². The van der Waals surface area contributed by atoms with Crippen LogP contribution in [0.25, 0.3) is 11.0 Å². The summed E-state index contributed by atoms with van der Waals surface area (Å²) >= 11 is 0. The van der Waals surface area contributed by atoms with Crippen molar-refractivity contribution in [3.8, 4) is 0 Å². The van der Waals surface area contributed by atoms with Crippen molar-refractivity contribution in [3.63, 3.8) is 0 Å². The first kappa shape index (κ1) is 10.8. The molecule has 7 nitrogen and oxygen atoms in total. The molecule has 7 heteroatoms. The largest absolute Gasteiger partial charge is 0.370 e. The van der Waals surface area contributed by atoms with Gasteiger partial charge in [-0.05, 0) is 12.1 Å². The van der Waals surface area contributed by atoms with Gasteiger partial charge in [0.05, 0.1) is 11.2 Å². The maximum absolute atomic E-state index is 5.55. The third-order valence-corrected chi connectivity index (χ3v) is 1.96. The Morgan fingerprint density at radius 2 is 1.82 bits per heavy atom.